The molecule has 0 aliphatic carbocycles. The Kier molecular flexibility index (Phi) is 13.9. The normalized spacial score (nSPS) is 17.2. The van der Waals surface area contributed by atoms with Gasteiger partial charge in [0, 0.05) is 0 Å². The lowest BCUT2D eigenvalue weighted by atomic mass is 9.74. The van der Waals surface area contributed by atoms with Crippen LogP contribution in [0.4, 0.5) is 0 Å². The average molecular weight is 579 g/mol. The molecule has 8 nitrogen and oxygen atoms in total. The molecule has 2 atom stereocenters. The van der Waals surface area contributed by atoms with E-state index in [2.05, 4.69) is 6.92 Å². The fourth-order valence-electron chi connectivity index (χ4n) is 3.50. The summed E-state index contributed by atoms with van der Waals surface area (Å²) in [5, 5.41) is 0. The van der Waals surface area contributed by atoms with Crippen molar-refractivity contribution in [1.29, 1.82) is 0 Å². The van der Waals surface area contributed by atoms with Crippen LogP contribution in [0, 0.1) is 5.92 Å². The predicted molar refractivity (Wildman–Crippen MR) is 160 cm³/mol. The topological polar surface area (TPSA) is 73.8 Å². The van der Waals surface area contributed by atoms with E-state index >= 15 is 0 Å². The van der Waals surface area contributed by atoms with Crippen LogP contribution >= 0.6 is 0 Å². The average Bonchev–Trinajstić information content (AvgIpc) is 2.70. The second-order valence-corrected chi connectivity index (χ2v) is 17.3. The molecule has 0 radical (unpaired) electrons. The smallest absolute Gasteiger partial charge is 0.101 e. The molecule has 0 rings (SSSR count). The largest absolute Gasteiger partial charge is 0.230 e. The fourth-order valence-corrected chi connectivity index (χ4v) is 3.50. The summed E-state index contributed by atoms with van der Waals surface area (Å²) in [6, 6.07) is 0. The van der Waals surface area contributed by atoms with Crippen LogP contribution in [0.5, 0.6) is 0 Å². The van der Waals surface area contributed by atoms with Gasteiger partial charge < -0.3 is 0 Å². The van der Waals surface area contributed by atoms with Crippen molar-refractivity contribution in [3.63, 3.8) is 0 Å². The van der Waals surface area contributed by atoms with Gasteiger partial charge in [0.15, 0.2) is 0 Å². The summed E-state index contributed by atoms with van der Waals surface area (Å²) < 4.78 is 0. The molecule has 2 unspecified atom stereocenters. The van der Waals surface area contributed by atoms with Crippen LogP contribution in [0.25, 0.3) is 0 Å². The Balaban J connectivity index is 6.20. The van der Waals surface area contributed by atoms with Gasteiger partial charge in [0.05, 0.1) is 33.6 Å². The summed E-state index contributed by atoms with van der Waals surface area (Å²) in [6.45, 7) is 37.9. The summed E-state index contributed by atoms with van der Waals surface area (Å²) >= 11 is 0. The van der Waals surface area contributed by atoms with Crippen molar-refractivity contribution in [1.82, 2.24) is 0 Å². The first kappa shape index (κ1) is 39.7. The Hall–Kier alpha value is -0.320. The molecule has 40 heavy (non-hydrogen) atoms. The Morgan fingerprint density at radius 1 is 0.350 bits per heavy atom. The Morgan fingerprint density at radius 3 is 1.10 bits per heavy atom. The first-order valence-corrected chi connectivity index (χ1v) is 14.8. The molecule has 0 bridgehead atoms. The van der Waals surface area contributed by atoms with Crippen LogP contribution in [0.2, 0.25) is 0 Å². The fraction of sp³-hybridized carbons (Fsp3) is 1.00. The van der Waals surface area contributed by atoms with Crippen LogP contribution < -0.4 is 0 Å². The molecular formula is C32H66O8. The molecule has 0 amide bonds. The summed E-state index contributed by atoms with van der Waals surface area (Å²) in [4.78, 5) is 47.3. The first-order valence-electron chi connectivity index (χ1n) is 14.8. The van der Waals surface area contributed by atoms with Crippen molar-refractivity contribution in [2.24, 2.45) is 5.92 Å². The Morgan fingerprint density at radius 2 is 0.700 bits per heavy atom. The van der Waals surface area contributed by atoms with Crippen molar-refractivity contribution in [3.8, 4) is 0 Å². The molecule has 0 aromatic heterocycles. The molecule has 0 aliphatic heterocycles. The van der Waals surface area contributed by atoms with Gasteiger partial charge in [-0.1, -0.05) is 0 Å². The zero-order valence-corrected chi connectivity index (χ0v) is 29.7. The third-order valence-electron chi connectivity index (χ3n) is 5.69. The molecule has 0 aromatic carbocycles. The van der Waals surface area contributed by atoms with Gasteiger partial charge in [0.25, 0.3) is 0 Å². The number of rotatable bonds is 16. The van der Waals surface area contributed by atoms with E-state index in [0.29, 0.717) is 25.7 Å². The molecule has 0 N–H and O–H groups in total. The van der Waals surface area contributed by atoms with E-state index in [-0.39, 0.29) is 5.92 Å². The highest BCUT2D eigenvalue weighted by Gasteiger charge is 2.44. The van der Waals surface area contributed by atoms with Gasteiger partial charge in [0.2, 0.25) is 0 Å². The van der Waals surface area contributed by atoms with Crippen molar-refractivity contribution in [2.75, 3.05) is 0 Å². The van der Waals surface area contributed by atoms with Crippen molar-refractivity contribution < 1.29 is 39.1 Å². The van der Waals surface area contributed by atoms with E-state index in [1.165, 1.54) is 0 Å². The van der Waals surface area contributed by atoms with Crippen molar-refractivity contribution in [3.05, 3.63) is 0 Å². The maximum atomic E-state index is 6.27. The zero-order chi connectivity index (χ0) is 32.1. The molecule has 0 heterocycles. The number of hydrogen-bond donors (Lipinski definition) is 0. The minimum atomic E-state index is -0.691. The highest BCUT2D eigenvalue weighted by atomic mass is 17.2. The molecule has 0 saturated carbocycles. The zero-order valence-electron chi connectivity index (χ0n) is 29.7. The maximum absolute atomic E-state index is 6.27. The summed E-state index contributed by atoms with van der Waals surface area (Å²) in [5.74, 6) is -0.0724. The molecule has 242 valence electrons. The van der Waals surface area contributed by atoms with E-state index in [9.17, 15) is 0 Å². The lowest BCUT2D eigenvalue weighted by Crippen LogP contribution is -2.47. The second kappa shape index (κ2) is 14.0. The quantitative estimate of drug-likeness (QED) is 0.132. The lowest BCUT2D eigenvalue weighted by Gasteiger charge is -2.43. The Labute approximate surface area is 247 Å². The molecule has 0 aliphatic rings. The maximum Gasteiger partial charge on any atom is 0.101 e. The molecule has 0 saturated heterocycles. The molecule has 8 heteroatoms. The minimum absolute atomic E-state index is 0.0724. The van der Waals surface area contributed by atoms with Gasteiger partial charge in [-0.15, -0.1) is 0 Å². The standard InChI is InChI=1S/C32H66O8/c1-25(2,3)33-37-29(13,14)20-21-32(19,40-36-28(10,11)12)23-24(31(17,18)39-35-27(7,8)9)22-30(15,16)38-34-26(4,5)6/h24H,20-23H2,1-19H3. The SMILES string of the molecule is CC(C)(C)OOC(C)(C)CCC(C)(CC(CC(C)(C)OOC(C)(C)C)C(C)(C)OOC(C)(C)C)OOC(C)(C)C. The Bertz CT molecular complexity index is 732. The second-order valence-electron chi connectivity index (χ2n) is 17.3. The van der Waals surface area contributed by atoms with E-state index in [4.69, 9.17) is 39.1 Å². The number of hydrogen-bond acceptors (Lipinski definition) is 8. The molecule has 0 aromatic rings. The van der Waals surface area contributed by atoms with Gasteiger partial charge in [-0.25, -0.2) is 39.1 Å². The first-order chi connectivity index (χ1) is 17.3. The van der Waals surface area contributed by atoms with Gasteiger partial charge in [-0.05, 0) is 163 Å². The van der Waals surface area contributed by atoms with Crippen molar-refractivity contribution in [2.45, 2.75) is 202 Å². The molecule has 0 fully saturated rings. The monoisotopic (exact) mass is 578 g/mol. The van der Waals surface area contributed by atoms with Crippen LogP contribution in [-0.4, -0.2) is 44.8 Å². The summed E-state index contributed by atoms with van der Waals surface area (Å²) in [5.41, 5.74) is -4.34. The van der Waals surface area contributed by atoms with Crippen LogP contribution in [0.15, 0.2) is 0 Å². The highest BCUT2D eigenvalue weighted by Crippen LogP contribution is 2.41. The van der Waals surface area contributed by atoms with Gasteiger partial charge in [-0.3, -0.25) is 0 Å². The lowest BCUT2D eigenvalue weighted by molar-refractivity contribution is -0.430. The van der Waals surface area contributed by atoms with E-state index in [0.717, 1.165) is 0 Å². The van der Waals surface area contributed by atoms with Gasteiger partial charge in [0.1, 0.15) is 11.2 Å². The third kappa shape index (κ3) is 19.7. The highest BCUT2D eigenvalue weighted by molar-refractivity contribution is 4.91. The minimum Gasteiger partial charge on any atom is -0.230 e. The van der Waals surface area contributed by atoms with Gasteiger partial charge in [-0.2, -0.15) is 0 Å². The van der Waals surface area contributed by atoms with E-state index in [1.54, 1.807) is 0 Å². The van der Waals surface area contributed by atoms with Crippen LogP contribution in [0.1, 0.15) is 157 Å². The molecular weight excluding hydrogens is 512 g/mol. The van der Waals surface area contributed by atoms with Gasteiger partial charge >= 0.3 is 0 Å². The molecule has 0 spiro atoms. The van der Waals surface area contributed by atoms with Crippen LogP contribution in [0.3, 0.4) is 0 Å². The van der Waals surface area contributed by atoms with Crippen LogP contribution in [-0.2, 0) is 39.1 Å². The van der Waals surface area contributed by atoms with E-state index < -0.39 is 44.8 Å². The van der Waals surface area contributed by atoms with Crippen molar-refractivity contribution >= 4 is 0 Å². The third-order valence-corrected chi connectivity index (χ3v) is 5.69. The predicted octanol–water partition coefficient (Wildman–Crippen LogP) is 9.24. The summed E-state index contributed by atoms with van der Waals surface area (Å²) in [6.07, 6.45) is 2.54. The summed E-state index contributed by atoms with van der Waals surface area (Å²) in [7, 11) is 0. The van der Waals surface area contributed by atoms with E-state index in [1.807, 2.05) is 125 Å².